The molecule has 0 atom stereocenters. The number of anilines is 3. The SMILES string of the molecule is CN1CCN(Cc2cccc(Nc3cc(NC(=O)c4c(Cl)cccc4Cl)ccn3)n2)CC1. The summed E-state index contributed by atoms with van der Waals surface area (Å²) in [5.74, 6) is 0.879. The van der Waals surface area contributed by atoms with Gasteiger partial charge < -0.3 is 15.5 Å². The van der Waals surface area contributed by atoms with Crippen LogP contribution in [0.1, 0.15) is 16.1 Å². The Bertz CT molecular complexity index is 1080. The van der Waals surface area contributed by atoms with Crippen LogP contribution in [-0.4, -0.2) is 58.9 Å². The lowest BCUT2D eigenvalue weighted by atomic mass is 10.2. The van der Waals surface area contributed by atoms with E-state index in [1.165, 1.54) is 0 Å². The largest absolute Gasteiger partial charge is 0.325 e. The number of carbonyl (C=O) groups is 1. The van der Waals surface area contributed by atoms with Crippen molar-refractivity contribution in [3.63, 3.8) is 0 Å². The number of benzene rings is 1. The number of nitrogens with zero attached hydrogens (tertiary/aromatic N) is 4. The summed E-state index contributed by atoms with van der Waals surface area (Å²) in [6, 6.07) is 14.3. The van der Waals surface area contributed by atoms with Gasteiger partial charge in [-0.3, -0.25) is 9.69 Å². The van der Waals surface area contributed by atoms with Gasteiger partial charge in [-0.15, -0.1) is 0 Å². The van der Waals surface area contributed by atoms with Gasteiger partial charge in [-0.2, -0.15) is 0 Å². The molecule has 32 heavy (non-hydrogen) atoms. The average molecular weight is 471 g/mol. The molecule has 4 rings (SSSR count). The van der Waals surface area contributed by atoms with Gasteiger partial charge in [-0.1, -0.05) is 35.3 Å². The van der Waals surface area contributed by atoms with Gasteiger partial charge in [0.25, 0.3) is 5.91 Å². The van der Waals surface area contributed by atoms with Crippen LogP contribution in [0.4, 0.5) is 17.3 Å². The maximum absolute atomic E-state index is 12.6. The van der Waals surface area contributed by atoms with Crippen LogP contribution in [0.5, 0.6) is 0 Å². The second kappa shape index (κ2) is 10.3. The summed E-state index contributed by atoms with van der Waals surface area (Å²) < 4.78 is 0. The molecule has 3 heterocycles. The molecule has 1 aliphatic rings. The number of hydrogen-bond donors (Lipinski definition) is 2. The van der Waals surface area contributed by atoms with Crippen molar-refractivity contribution < 1.29 is 4.79 Å². The van der Waals surface area contributed by atoms with Crippen LogP contribution in [0.2, 0.25) is 10.0 Å². The van der Waals surface area contributed by atoms with Gasteiger partial charge in [0.15, 0.2) is 0 Å². The Hall–Kier alpha value is -2.71. The molecule has 0 bridgehead atoms. The average Bonchev–Trinajstić information content (AvgIpc) is 2.76. The molecule has 0 aliphatic carbocycles. The number of aromatic nitrogens is 2. The van der Waals surface area contributed by atoms with Gasteiger partial charge in [0, 0.05) is 50.7 Å². The normalized spacial score (nSPS) is 14.8. The van der Waals surface area contributed by atoms with E-state index in [1.807, 2.05) is 18.2 Å². The van der Waals surface area contributed by atoms with Crippen LogP contribution in [0.3, 0.4) is 0 Å². The van der Waals surface area contributed by atoms with Crippen LogP contribution in [0, 0.1) is 0 Å². The lowest BCUT2D eigenvalue weighted by Gasteiger charge is -2.32. The van der Waals surface area contributed by atoms with Crippen molar-refractivity contribution in [3.8, 4) is 0 Å². The minimum absolute atomic E-state index is 0.237. The Morgan fingerprint density at radius 1 is 1.00 bits per heavy atom. The van der Waals surface area contributed by atoms with E-state index in [0.717, 1.165) is 38.4 Å². The molecule has 3 aromatic rings. The summed E-state index contributed by atoms with van der Waals surface area (Å²) in [6.45, 7) is 5.02. The number of piperazine rings is 1. The lowest BCUT2D eigenvalue weighted by molar-refractivity contribution is 0.102. The van der Waals surface area contributed by atoms with Gasteiger partial charge in [-0.25, -0.2) is 9.97 Å². The first-order chi connectivity index (χ1) is 15.5. The van der Waals surface area contributed by atoms with Gasteiger partial charge >= 0.3 is 0 Å². The molecule has 166 valence electrons. The molecule has 1 fully saturated rings. The standard InChI is InChI=1S/C23H24Cl2N6O/c1-30-10-12-31(13-11-30)15-17-4-2-7-20(27-17)29-21-14-16(8-9-26-21)28-23(32)22-18(24)5-3-6-19(22)25/h2-9,14H,10-13,15H2,1H3,(H2,26,27,28,29,32). The van der Waals surface area contributed by atoms with Crippen molar-refractivity contribution in [2.45, 2.75) is 6.54 Å². The maximum atomic E-state index is 12.6. The number of carbonyl (C=O) groups excluding carboxylic acids is 1. The molecule has 1 amide bonds. The van der Waals surface area contributed by atoms with E-state index in [1.54, 1.807) is 36.5 Å². The van der Waals surface area contributed by atoms with Crippen molar-refractivity contribution in [1.29, 1.82) is 0 Å². The molecule has 0 spiro atoms. The minimum Gasteiger partial charge on any atom is -0.325 e. The zero-order valence-electron chi connectivity index (χ0n) is 17.7. The van der Waals surface area contributed by atoms with E-state index in [2.05, 4.69) is 32.5 Å². The van der Waals surface area contributed by atoms with E-state index in [-0.39, 0.29) is 11.5 Å². The fourth-order valence-corrected chi connectivity index (χ4v) is 4.06. The molecule has 2 N–H and O–H groups in total. The molecule has 1 aromatic carbocycles. The molecule has 0 unspecified atom stereocenters. The third-order valence-electron chi connectivity index (χ3n) is 5.25. The van der Waals surface area contributed by atoms with Crippen LogP contribution in [-0.2, 0) is 6.54 Å². The van der Waals surface area contributed by atoms with Gasteiger partial charge in [0.2, 0.25) is 0 Å². The number of pyridine rings is 2. The molecule has 9 heteroatoms. The first kappa shape index (κ1) is 22.5. The molecule has 0 radical (unpaired) electrons. The maximum Gasteiger partial charge on any atom is 0.258 e. The predicted molar refractivity (Wildman–Crippen MR) is 129 cm³/mol. The molecule has 1 aliphatic heterocycles. The molecular weight excluding hydrogens is 447 g/mol. The minimum atomic E-state index is -0.384. The van der Waals surface area contributed by atoms with Crippen LogP contribution >= 0.6 is 23.2 Å². The Balaban J connectivity index is 1.42. The zero-order chi connectivity index (χ0) is 22.5. The number of halogens is 2. The Morgan fingerprint density at radius 2 is 1.72 bits per heavy atom. The number of likely N-dealkylation sites (N-methyl/N-ethyl adjacent to an activating group) is 1. The Morgan fingerprint density at radius 3 is 2.47 bits per heavy atom. The topological polar surface area (TPSA) is 73.4 Å². The molecule has 1 saturated heterocycles. The lowest BCUT2D eigenvalue weighted by Crippen LogP contribution is -2.44. The summed E-state index contributed by atoms with van der Waals surface area (Å²) in [5, 5.41) is 6.62. The van der Waals surface area contributed by atoms with Crippen molar-refractivity contribution in [2.75, 3.05) is 43.9 Å². The fraction of sp³-hybridized carbons (Fsp3) is 0.261. The monoisotopic (exact) mass is 470 g/mol. The van der Waals surface area contributed by atoms with E-state index in [9.17, 15) is 4.79 Å². The molecule has 7 nitrogen and oxygen atoms in total. The fourth-order valence-electron chi connectivity index (χ4n) is 3.49. The second-order valence-electron chi connectivity index (χ2n) is 7.70. The van der Waals surface area contributed by atoms with Crippen LogP contribution < -0.4 is 10.6 Å². The van der Waals surface area contributed by atoms with Crippen molar-refractivity contribution in [3.05, 3.63) is 76.0 Å². The van der Waals surface area contributed by atoms with Crippen molar-refractivity contribution in [2.24, 2.45) is 0 Å². The third kappa shape index (κ3) is 5.75. The molecule has 0 saturated carbocycles. The highest BCUT2D eigenvalue weighted by Gasteiger charge is 2.16. The zero-order valence-corrected chi connectivity index (χ0v) is 19.2. The third-order valence-corrected chi connectivity index (χ3v) is 5.88. The van der Waals surface area contributed by atoms with Gasteiger partial charge in [0.05, 0.1) is 21.3 Å². The van der Waals surface area contributed by atoms with Crippen LogP contribution in [0.15, 0.2) is 54.7 Å². The van der Waals surface area contributed by atoms with Crippen molar-refractivity contribution >= 4 is 46.4 Å². The van der Waals surface area contributed by atoms with E-state index >= 15 is 0 Å². The summed E-state index contributed by atoms with van der Waals surface area (Å²) in [5.41, 5.74) is 1.80. The molecule has 2 aromatic heterocycles. The summed E-state index contributed by atoms with van der Waals surface area (Å²) >= 11 is 12.3. The quantitative estimate of drug-likeness (QED) is 0.551. The Kier molecular flexibility index (Phi) is 7.22. The van der Waals surface area contributed by atoms with Crippen LogP contribution in [0.25, 0.3) is 0 Å². The number of amides is 1. The number of hydrogen-bond acceptors (Lipinski definition) is 6. The van der Waals surface area contributed by atoms with E-state index < -0.39 is 0 Å². The number of nitrogens with one attached hydrogen (secondary N) is 2. The summed E-state index contributed by atoms with van der Waals surface area (Å²) in [6.07, 6.45) is 1.61. The number of rotatable bonds is 6. The summed E-state index contributed by atoms with van der Waals surface area (Å²) in [4.78, 5) is 26.4. The summed E-state index contributed by atoms with van der Waals surface area (Å²) in [7, 11) is 2.15. The van der Waals surface area contributed by atoms with Gasteiger partial charge in [0.1, 0.15) is 11.6 Å². The van der Waals surface area contributed by atoms with Gasteiger partial charge in [-0.05, 0) is 37.4 Å². The van der Waals surface area contributed by atoms with E-state index in [0.29, 0.717) is 27.4 Å². The first-order valence-electron chi connectivity index (χ1n) is 10.3. The predicted octanol–water partition coefficient (Wildman–Crippen LogP) is 4.53. The van der Waals surface area contributed by atoms with E-state index in [4.69, 9.17) is 28.2 Å². The smallest absolute Gasteiger partial charge is 0.258 e. The molecular formula is C23H24Cl2N6O. The highest BCUT2D eigenvalue weighted by atomic mass is 35.5. The first-order valence-corrected chi connectivity index (χ1v) is 11.1. The Labute approximate surface area is 197 Å². The second-order valence-corrected chi connectivity index (χ2v) is 8.51. The highest BCUT2D eigenvalue weighted by molar-refractivity contribution is 6.40. The van der Waals surface area contributed by atoms with Crippen molar-refractivity contribution in [1.82, 2.24) is 19.8 Å². The highest BCUT2D eigenvalue weighted by Crippen LogP contribution is 2.26.